The third kappa shape index (κ3) is 3.04. The monoisotopic (exact) mass is 192 g/mol. The smallest absolute Gasteiger partial charge is 0.0363 e. The van der Waals surface area contributed by atoms with Crippen molar-refractivity contribution in [2.45, 2.75) is 19.8 Å². The van der Waals surface area contributed by atoms with Crippen LogP contribution in [-0.2, 0) is 6.42 Å². The second-order valence-electron chi connectivity index (χ2n) is 3.63. The van der Waals surface area contributed by atoms with Gasteiger partial charge in [-0.05, 0) is 37.1 Å². The van der Waals surface area contributed by atoms with Gasteiger partial charge in [-0.15, -0.1) is 0 Å². The summed E-state index contributed by atoms with van der Waals surface area (Å²) in [6, 6.07) is 8.66. The van der Waals surface area contributed by atoms with E-state index in [0.717, 1.165) is 19.5 Å². The van der Waals surface area contributed by atoms with Crippen molar-refractivity contribution >= 4 is 5.69 Å². The average Bonchev–Trinajstić information content (AvgIpc) is 2.20. The molecular formula is C12H20N2. The van der Waals surface area contributed by atoms with Gasteiger partial charge in [0.1, 0.15) is 0 Å². The fourth-order valence-corrected chi connectivity index (χ4v) is 1.55. The molecule has 0 heterocycles. The maximum atomic E-state index is 5.50. The van der Waals surface area contributed by atoms with Crippen LogP contribution in [0.1, 0.15) is 18.9 Å². The maximum absolute atomic E-state index is 5.50. The van der Waals surface area contributed by atoms with Crippen LogP contribution in [0.5, 0.6) is 0 Å². The number of benzene rings is 1. The first-order valence-electron chi connectivity index (χ1n) is 5.28. The van der Waals surface area contributed by atoms with Crippen LogP contribution >= 0.6 is 0 Å². The van der Waals surface area contributed by atoms with Gasteiger partial charge >= 0.3 is 0 Å². The number of hydrogen-bond acceptors (Lipinski definition) is 2. The van der Waals surface area contributed by atoms with Gasteiger partial charge in [-0.25, -0.2) is 0 Å². The first-order chi connectivity index (χ1) is 6.77. The Labute approximate surface area is 86.7 Å². The van der Waals surface area contributed by atoms with Crippen LogP contribution in [0.3, 0.4) is 0 Å². The molecule has 78 valence electrons. The van der Waals surface area contributed by atoms with Crippen molar-refractivity contribution in [3.63, 3.8) is 0 Å². The summed E-state index contributed by atoms with van der Waals surface area (Å²) in [4.78, 5) is 2.27. The van der Waals surface area contributed by atoms with Gasteiger partial charge in [0.2, 0.25) is 0 Å². The Bertz CT molecular complexity index is 254. The van der Waals surface area contributed by atoms with E-state index in [4.69, 9.17) is 5.73 Å². The van der Waals surface area contributed by atoms with Crippen LogP contribution in [-0.4, -0.2) is 20.1 Å². The molecular weight excluding hydrogens is 172 g/mol. The summed E-state index contributed by atoms with van der Waals surface area (Å²) in [5.74, 6) is 0. The minimum absolute atomic E-state index is 0.726. The lowest BCUT2D eigenvalue weighted by molar-refractivity contribution is 0.851. The highest BCUT2D eigenvalue weighted by molar-refractivity contribution is 5.46. The standard InChI is InChI=1S/C12H20N2/c1-3-10-14(2)12-6-4-11(5-7-12)8-9-13/h4-7H,3,8-10,13H2,1-2H3. The van der Waals surface area contributed by atoms with Gasteiger partial charge in [-0.1, -0.05) is 19.1 Å². The van der Waals surface area contributed by atoms with Gasteiger partial charge in [-0.3, -0.25) is 0 Å². The van der Waals surface area contributed by atoms with Gasteiger partial charge < -0.3 is 10.6 Å². The zero-order valence-electron chi connectivity index (χ0n) is 9.16. The molecule has 0 amide bonds. The third-order valence-electron chi connectivity index (χ3n) is 2.37. The van der Waals surface area contributed by atoms with Crippen LogP contribution in [0.25, 0.3) is 0 Å². The van der Waals surface area contributed by atoms with E-state index < -0.39 is 0 Å². The minimum Gasteiger partial charge on any atom is -0.375 e. The molecule has 14 heavy (non-hydrogen) atoms. The molecule has 0 aliphatic carbocycles. The van der Waals surface area contributed by atoms with Crippen molar-refractivity contribution in [1.29, 1.82) is 0 Å². The molecule has 0 spiro atoms. The van der Waals surface area contributed by atoms with E-state index in [9.17, 15) is 0 Å². The number of rotatable bonds is 5. The van der Waals surface area contributed by atoms with Gasteiger partial charge in [0.05, 0.1) is 0 Å². The summed E-state index contributed by atoms with van der Waals surface area (Å²) in [6.07, 6.45) is 2.15. The molecule has 0 aromatic heterocycles. The summed E-state index contributed by atoms with van der Waals surface area (Å²) >= 11 is 0. The quantitative estimate of drug-likeness (QED) is 0.773. The summed E-state index contributed by atoms with van der Waals surface area (Å²) in [5.41, 5.74) is 8.10. The van der Waals surface area contributed by atoms with Gasteiger partial charge in [0.15, 0.2) is 0 Å². The Morgan fingerprint density at radius 1 is 1.21 bits per heavy atom. The molecule has 2 nitrogen and oxygen atoms in total. The highest BCUT2D eigenvalue weighted by Crippen LogP contribution is 2.13. The second kappa shape index (κ2) is 5.66. The molecule has 0 radical (unpaired) electrons. The first-order valence-corrected chi connectivity index (χ1v) is 5.28. The van der Waals surface area contributed by atoms with Crippen molar-refractivity contribution in [1.82, 2.24) is 0 Å². The van der Waals surface area contributed by atoms with Crippen molar-refractivity contribution in [3.8, 4) is 0 Å². The second-order valence-corrected chi connectivity index (χ2v) is 3.63. The molecule has 2 N–H and O–H groups in total. The molecule has 1 aromatic rings. The van der Waals surface area contributed by atoms with Crippen LogP contribution in [0.4, 0.5) is 5.69 Å². The number of nitrogens with two attached hydrogens (primary N) is 1. The topological polar surface area (TPSA) is 29.3 Å². The Morgan fingerprint density at radius 2 is 1.86 bits per heavy atom. The van der Waals surface area contributed by atoms with E-state index >= 15 is 0 Å². The van der Waals surface area contributed by atoms with Gasteiger partial charge in [0, 0.05) is 19.3 Å². The fourth-order valence-electron chi connectivity index (χ4n) is 1.55. The summed E-state index contributed by atoms with van der Waals surface area (Å²) in [6.45, 7) is 4.03. The molecule has 0 atom stereocenters. The van der Waals surface area contributed by atoms with Crippen molar-refractivity contribution < 1.29 is 0 Å². The van der Waals surface area contributed by atoms with E-state index in [1.807, 2.05) is 0 Å². The lowest BCUT2D eigenvalue weighted by atomic mass is 10.1. The lowest BCUT2D eigenvalue weighted by Crippen LogP contribution is -2.17. The fraction of sp³-hybridized carbons (Fsp3) is 0.500. The summed E-state index contributed by atoms with van der Waals surface area (Å²) < 4.78 is 0. The van der Waals surface area contributed by atoms with Crippen molar-refractivity contribution in [3.05, 3.63) is 29.8 Å². The van der Waals surface area contributed by atoms with Crippen LogP contribution in [0, 0.1) is 0 Å². The summed E-state index contributed by atoms with van der Waals surface area (Å²) in [7, 11) is 2.13. The Morgan fingerprint density at radius 3 is 2.36 bits per heavy atom. The zero-order chi connectivity index (χ0) is 10.4. The zero-order valence-corrected chi connectivity index (χ0v) is 9.16. The largest absolute Gasteiger partial charge is 0.375 e. The van der Waals surface area contributed by atoms with Crippen LogP contribution in [0.2, 0.25) is 0 Å². The van der Waals surface area contributed by atoms with Crippen molar-refractivity contribution in [2.75, 3.05) is 25.0 Å². The average molecular weight is 192 g/mol. The SMILES string of the molecule is CCCN(C)c1ccc(CCN)cc1. The number of anilines is 1. The minimum atomic E-state index is 0.726. The van der Waals surface area contributed by atoms with Gasteiger partial charge in [0.25, 0.3) is 0 Å². The van der Waals surface area contributed by atoms with E-state index in [0.29, 0.717) is 0 Å². The molecule has 2 heteroatoms. The molecule has 0 saturated heterocycles. The van der Waals surface area contributed by atoms with Crippen molar-refractivity contribution in [2.24, 2.45) is 5.73 Å². The molecule has 0 bridgehead atoms. The number of hydrogen-bond donors (Lipinski definition) is 1. The predicted molar refractivity (Wildman–Crippen MR) is 62.8 cm³/mol. The Balaban J connectivity index is 2.62. The Kier molecular flexibility index (Phi) is 4.47. The molecule has 1 rings (SSSR count). The van der Waals surface area contributed by atoms with E-state index in [2.05, 4.69) is 43.1 Å². The molecule has 1 aromatic carbocycles. The third-order valence-corrected chi connectivity index (χ3v) is 2.37. The molecule has 0 saturated carbocycles. The van der Waals surface area contributed by atoms with Gasteiger partial charge in [-0.2, -0.15) is 0 Å². The number of nitrogens with zero attached hydrogens (tertiary/aromatic N) is 1. The van der Waals surface area contributed by atoms with E-state index in [1.54, 1.807) is 0 Å². The predicted octanol–water partition coefficient (Wildman–Crippen LogP) is 2.03. The maximum Gasteiger partial charge on any atom is 0.0363 e. The summed E-state index contributed by atoms with van der Waals surface area (Å²) in [5, 5.41) is 0. The Hall–Kier alpha value is -1.02. The molecule has 0 fully saturated rings. The molecule has 0 unspecified atom stereocenters. The van der Waals surface area contributed by atoms with Crippen LogP contribution in [0.15, 0.2) is 24.3 Å². The molecule has 0 aliphatic rings. The normalized spacial score (nSPS) is 10.2. The van der Waals surface area contributed by atoms with E-state index in [1.165, 1.54) is 17.7 Å². The molecule has 0 aliphatic heterocycles. The lowest BCUT2D eigenvalue weighted by Gasteiger charge is -2.18. The first kappa shape index (κ1) is 11.1. The van der Waals surface area contributed by atoms with E-state index in [-0.39, 0.29) is 0 Å². The van der Waals surface area contributed by atoms with Crippen LogP contribution < -0.4 is 10.6 Å². The highest BCUT2D eigenvalue weighted by atomic mass is 15.1. The highest BCUT2D eigenvalue weighted by Gasteiger charge is 1.98.